The first-order chi connectivity index (χ1) is 15.4. The average molecular weight is 448 g/mol. The quantitative estimate of drug-likeness (QED) is 0.278. The number of hydrogen-bond donors (Lipinski definition) is 0. The zero-order valence-corrected chi connectivity index (χ0v) is 17.8. The number of carbonyl (C=O) groups is 1. The number of halogens is 1. The smallest absolute Gasteiger partial charge is 0.280 e. The molecule has 7 nitrogen and oxygen atoms in total. The van der Waals surface area contributed by atoms with Crippen LogP contribution in [0.2, 0.25) is 5.02 Å². The van der Waals surface area contributed by atoms with Gasteiger partial charge in [0.05, 0.1) is 21.9 Å². The molecule has 1 amide bonds. The van der Waals surface area contributed by atoms with Crippen molar-refractivity contribution < 1.29 is 14.5 Å². The van der Waals surface area contributed by atoms with Gasteiger partial charge < -0.3 is 4.74 Å². The number of nitro benzene ring substituents is 1. The van der Waals surface area contributed by atoms with Gasteiger partial charge in [-0.1, -0.05) is 41.9 Å². The number of para-hydroxylation sites is 1. The molecule has 1 aliphatic heterocycles. The van der Waals surface area contributed by atoms with Crippen LogP contribution in [0.4, 0.5) is 11.4 Å². The van der Waals surface area contributed by atoms with Gasteiger partial charge in [0.25, 0.3) is 11.6 Å². The van der Waals surface area contributed by atoms with Gasteiger partial charge in [-0.15, -0.1) is 0 Å². The van der Waals surface area contributed by atoms with Crippen LogP contribution in [-0.2, 0) is 11.4 Å². The van der Waals surface area contributed by atoms with E-state index in [1.807, 2.05) is 30.3 Å². The molecule has 0 fully saturated rings. The first kappa shape index (κ1) is 21.3. The standard InChI is InChI=1S/C24H18ClN3O4/c1-16-22(24(29)27(26-16)20-5-3-2-4-6-20)14-18-13-21(28(30)31)11-12-23(18)32-15-17-7-9-19(25)10-8-17/h2-14H,15H2,1H3/b22-14+. The fraction of sp³-hybridized carbons (Fsp3) is 0.0833. The van der Waals surface area contributed by atoms with Gasteiger partial charge in [-0.3, -0.25) is 14.9 Å². The summed E-state index contributed by atoms with van der Waals surface area (Å²) in [7, 11) is 0. The Morgan fingerprint density at radius 1 is 1.09 bits per heavy atom. The molecule has 4 rings (SSSR count). The SMILES string of the molecule is CC1=NN(c2ccccc2)C(=O)/C1=C/c1cc([N+](=O)[O-])ccc1OCc1ccc(Cl)cc1. The Kier molecular flexibility index (Phi) is 6.00. The van der Waals surface area contributed by atoms with Crippen LogP contribution in [0, 0.1) is 10.1 Å². The highest BCUT2D eigenvalue weighted by atomic mass is 35.5. The number of amides is 1. The van der Waals surface area contributed by atoms with Crippen LogP contribution in [0.1, 0.15) is 18.1 Å². The third-order valence-corrected chi connectivity index (χ3v) is 5.13. The minimum Gasteiger partial charge on any atom is -0.488 e. The van der Waals surface area contributed by atoms with Gasteiger partial charge in [0.2, 0.25) is 0 Å². The van der Waals surface area contributed by atoms with Crippen LogP contribution >= 0.6 is 11.6 Å². The molecular formula is C24H18ClN3O4. The topological polar surface area (TPSA) is 85.0 Å². The molecule has 0 unspecified atom stereocenters. The summed E-state index contributed by atoms with van der Waals surface area (Å²) < 4.78 is 5.92. The predicted molar refractivity (Wildman–Crippen MR) is 124 cm³/mol. The molecule has 0 saturated heterocycles. The molecular weight excluding hydrogens is 430 g/mol. The van der Waals surface area contributed by atoms with Crippen molar-refractivity contribution in [3.63, 3.8) is 0 Å². The third-order valence-electron chi connectivity index (χ3n) is 4.87. The van der Waals surface area contributed by atoms with E-state index in [0.29, 0.717) is 33.3 Å². The molecule has 0 aliphatic carbocycles. The fourth-order valence-electron chi connectivity index (χ4n) is 3.22. The van der Waals surface area contributed by atoms with E-state index in [9.17, 15) is 14.9 Å². The van der Waals surface area contributed by atoms with Crippen molar-refractivity contribution >= 4 is 40.7 Å². The summed E-state index contributed by atoms with van der Waals surface area (Å²) in [6.07, 6.45) is 1.58. The Morgan fingerprint density at radius 3 is 2.50 bits per heavy atom. The molecule has 0 bridgehead atoms. The number of nitrogens with zero attached hydrogens (tertiary/aromatic N) is 3. The average Bonchev–Trinajstić information content (AvgIpc) is 3.08. The van der Waals surface area contributed by atoms with E-state index in [-0.39, 0.29) is 18.2 Å². The molecule has 32 heavy (non-hydrogen) atoms. The summed E-state index contributed by atoms with van der Waals surface area (Å²) in [5, 5.41) is 17.6. The molecule has 0 spiro atoms. The summed E-state index contributed by atoms with van der Waals surface area (Å²) >= 11 is 5.92. The Morgan fingerprint density at radius 2 is 1.81 bits per heavy atom. The first-order valence-electron chi connectivity index (χ1n) is 9.75. The summed E-state index contributed by atoms with van der Waals surface area (Å²) in [5.41, 5.74) is 2.69. The van der Waals surface area contributed by atoms with Crippen LogP contribution < -0.4 is 9.75 Å². The number of ether oxygens (including phenoxy) is 1. The minimum atomic E-state index is -0.487. The Hall–Kier alpha value is -3.97. The maximum atomic E-state index is 13.0. The molecule has 3 aromatic carbocycles. The molecule has 1 aliphatic rings. The normalized spacial score (nSPS) is 14.6. The Bertz CT molecular complexity index is 1240. The van der Waals surface area contributed by atoms with Gasteiger partial charge >= 0.3 is 0 Å². The third kappa shape index (κ3) is 4.53. The Balaban J connectivity index is 1.66. The lowest BCUT2D eigenvalue weighted by atomic mass is 10.1. The van der Waals surface area contributed by atoms with E-state index in [4.69, 9.17) is 16.3 Å². The number of hydrogen-bond acceptors (Lipinski definition) is 5. The van der Waals surface area contributed by atoms with Crippen LogP contribution in [0.15, 0.2) is 83.5 Å². The monoisotopic (exact) mass is 447 g/mol. The zero-order valence-electron chi connectivity index (χ0n) is 17.1. The van der Waals surface area contributed by atoms with Crippen LogP contribution in [0.25, 0.3) is 6.08 Å². The highest BCUT2D eigenvalue weighted by Crippen LogP contribution is 2.30. The molecule has 0 aromatic heterocycles. The number of nitro groups is 1. The lowest BCUT2D eigenvalue weighted by Gasteiger charge is -2.12. The van der Waals surface area contributed by atoms with E-state index in [1.165, 1.54) is 23.2 Å². The van der Waals surface area contributed by atoms with E-state index in [0.717, 1.165) is 5.56 Å². The van der Waals surface area contributed by atoms with Crippen molar-refractivity contribution in [2.45, 2.75) is 13.5 Å². The van der Waals surface area contributed by atoms with Crippen LogP contribution in [0.3, 0.4) is 0 Å². The second kappa shape index (κ2) is 9.03. The largest absolute Gasteiger partial charge is 0.488 e. The molecule has 8 heteroatoms. The highest BCUT2D eigenvalue weighted by molar-refractivity contribution is 6.32. The number of benzene rings is 3. The van der Waals surface area contributed by atoms with Gasteiger partial charge in [0, 0.05) is 22.7 Å². The number of hydrazone groups is 1. The number of non-ortho nitro benzene ring substituents is 1. The number of anilines is 1. The van der Waals surface area contributed by atoms with Crippen molar-refractivity contribution in [1.82, 2.24) is 0 Å². The fourth-order valence-corrected chi connectivity index (χ4v) is 3.35. The van der Waals surface area contributed by atoms with Crippen molar-refractivity contribution in [2.24, 2.45) is 5.10 Å². The number of carbonyl (C=O) groups excluding carboxylic acids is 1. The van der Waals surface area contributed by atoms with Crippen LogP contribution in [0.5, 0.6) is 5.75 Å². The van der Waals surface area contributed by atoms with Crippen molar-refractivity contribution in [3.05, 3.63) is 105 Å². The van der Waals surface area contributed by atoms with Gasteiger partial charge in [-0.05, 0) is 48.9 Å². The van der Waals surface area contributed by atoms with E-state index in [2.05, 4.69) is 5.10 Å². The van der Waals surface area contributed by atoms with Gasteiger partial charge in [-0.2, -0.15) is 10.1 Å². The predicted octanol–water partition coefficient (Wildman–Crippen LogP) is 5.63. The van der Waals surface area contributed by atoms with Crippen molar-refractivity contribution in [3.8, 4) is 5.75 Å². The minimum absolute atomic E-state index is 0.101. The molecule has 3 aromatic rings. The zero-order chi connectivity index (χ0) is 22.7. The molecule has 0 saturated carbocycles. The second-order valence-electron chi connectivity index (χ2n) is 7.09. The van der Waals surface area contributed by atoms with E-state index < -0.39 is 4.92 Å². The Labute approximate surface area is 189 Å². The highest BCUT2D eigenvalue weighted by Gasteiger charge is 2.29. The second-order valence-corrected chi connectivity index (χ2v) is 7.53. The molecule has 0 radical (unpaired) electrons. The first-order valence-corrected chi connectivity index (χ1v) is 10.1. The van der Waals surface area contributed by atoms with E-state index in [1.54, 1.807) is 37.3 Å². The lowest BCUT2D eigenvalue weighted by Crippen LogP contribution is -2.21. The molecule has 0 atom stereocenters. The number of rotatable bonds is 6. The molecule has 0 N–H and O–H groups in total. The molecule has 1 heterocycles. The van der Waals surface area contributed by atoms with Crippen molar-refractivity contribution in [1.29, 1.82) is 0 Å². The maximum absolute atomic E-state index is 13.0. The summed E-state index contributed by atoms with van der Waals surface area (Å²) in [4.78, 5) is 23.8. The summed E-state index contributed by atoms with van der Waals surface area (Å²) in [6.45, 7) is 1.96. The summed E-state index contributed by atoms with van der Waals surface area (Å²) in [5.74, 6) is 0.0978. The van der Waals surface area contributed by atoms with Gasteiger partial charge in [0.15, 0.2) is 0 Å². The lowest BCUT2D eigenvalue weighted by molar-refractivity contribution is -0.384. The molecule has 160 valence electrons. The van der Waals surface area contributed by atoms with E-state index >= 15 is 0 Å². The van der Waals surface area contributed by atoms with Crippen molar-refractivity contribution in [2.75, 3.05) is 5.01 Å². The van der Waals surface area contributed by atoms with Gasteiger partial charge in [-0.25, -0.2) is 0 Å². The van der Waals surface area contributed by atoms with Crippen LogP contribution in [-0.4, -0.2) is 16.5 Å². The summed E-state index contributed by atoms with van der Waals surface area (Å²) in [6, 6.07) is 20.5. The van der Waals surface area contributed by atoms with Gasteiger partial charge in [0.1, 0.15) is 12.4 Å². The maximum Gasteiger partial charge on any atom is 0.280 e.